The predicted molar refractivity (Wildman–Crippen MR) is 123 cm³/mol. The fourth-order valence-corrected chi connectivity index (χ4v) is 4.77. The minimum Gasteiger partial charge on any atom is -0.318 e. The van der Waals surface area contributed by atoms with Crippen LogP contribution < -0.4 is 0 Å². The van der Waals surface area contributed by atoms with E-state index in [1.807, 2.05) is 26.2 Å². The van der Waals surface area contributed by atoms with Crippen LogP contribution in [0.5, 0.6) is 0 Å². The van der Waals surface area contributed by atoms with Crippen molar-refractivity contribution in [2.75, 3.05) is 6.26 Å². The first kappa shape index (κ1) is 19.7. The van der Waals surface area contributed by atoms with Gasteiger partial charge in [0.2, 0.25) is 5.17 Å². The summed E-state index contributed by atoms with van der Waals surface area (Å²) >= 11 is 2.79. The van der Waals surface area contributed by atoms with Crippen molar-refractivity contribution in [2.45, 2.75) is 27.2 Å². The third kappa shape index (κ3) is 3.47. The molecule has 0 aliphatic carbocycles. The van der Waals surface area contributed by atoms with Crippen LogP contribution in [0.15, 0.2) is 46.0 Å². The molecule has 1 aromatic carbocycles. The molecule has 8 heteroatoms. The van der Waals surface area contributed by atoms with Gasteiger partial charge >= 0.3 is 0 Å². The van der Waals surface area contributed by atoms with E-state index in [1.165, 1.54) is 34.1 Å². The number of aliphatic imine (C=N–C) groups is 1. The van der Waals surface area contributed by atoms with Crippen molar-refractivity contribution >= 4 is 50.9 Å². The molecule has 2 aliphatic rings. The third-order valence-corrected chi connectivity index (χ3v) is 6.87. The number of aryl methyl sites for hydroxylation is 2. The summed E-state index contributed by atoms with van der Waals surface area (Å²) in [5.41, 5.74) is 5.60. The van der Waals surface area contributed by atoms with Gasteiger partial charge in [-0.15, -0.1) is 16.9 Å². The average molecular weight is 424 g/mol. The standard InChI is InChI=1S/C21H21N5OS2/c1-5-14-6-8-16(9-7-14)25-12(2)10-15(13(25)3)11-17-18(22)26-20(23-19(17)27)29-21(24-26)28-4/h6-11,22H,5H2,1-4H3/b17-11-,22-18?. The Bertz CT molecular complexity index is 1110. The maximum absolute atomic E-state index is 12.6. The molecule has 6 nitrogen and oxygen atoms in total. The summed E-state index contributed by atoms with van der Waals surface area (Å²) in [7, 11) is 0. The number of amides is 1. The Labute approximate surface area is 178 Å². The molecule has 1 amide bonds. The van der Waals surface area contributed by atoms with E-state index in [2.05, 4.69) is 45.9 Å². The molecule has 2 aromatic rings. The van der Waals surface area contributed by atoms with Gasteiger partial charge in [-0.1, -0.05) is 19.1 Å². The van der Waals surface area contributed by atoms with Gasteiger partial charge in [-0.2, -0.15) is 10.0 Å². The number of amidine groups is 2. The minimum absolute atomic E-state index is 0.0636. The molecule has 1 aromatic heterocycles. The SMILES string of the molecule is CCc1ccc(-n2c(C)cc(/C=C3/C(=N)N4N=C(SC)SC4=NC3=O)c2C)cc1. The van der Waals surface area contributed by atoms with Gasteiger partial charge in [0.1, 0.15) is 0 Å². The predicted octanol–water partition coefficient (Wildman–Crippen LogP) is 4.60. The molecule has 0 unspecified atom stereocenters. The average Bonchev–Trinajstić information content (AvgIpc) is 3.25. The van der Waals surface area contributed by atoms with E-state index in [-0.39, 0.29) is 11.4 Å². The van der Waals surface area contributed by atoms with Crippen molar-refractivity contribution in [3.05, 3.63) is 58.4 Å². The first-order chi connectivity index (χ1) is 13.9. The lowest BCUT2D eigenvalue weighted by molar-refractivity contribution is -0.114. The normalized spacial score (nSPS) is 17.7. The molecule has 0 saturated heterocycles. The van der Waals surface area contributed by atoms with Gasteiger partial charge in [0.15, 0.2) is 10.2 Å². The number of benzene rings is 1. The van der Waals surface area contributed by atoms with Gasteiger partial charge in [-0.05, 0) is 73.7 Å². The summed E-state index contributed by atoms with van der Waals surface area (Å²) in [6, 6.07) is 10.5. The minimum atomic E-state index is -0.400. The topological polar surface area (TPSA) is 73.8 Å². The summed E-state index contributed by atoms with van der Waals surface area (Å²) in [6.07, 6.45) is 4.67. The molecule has 0 atom stereocenters. The van der Waals surface area contributed by atoms with Crippen LogP contribution in [0.1, 0.15) is 29.4 Å². The second-order valence-corrected chi connectivity index (χ2v) is 8.78. The van der Waals surface area contributed by atoms with Crippen LogP contribution >= 0.6 is 23.5 Å². The molecular weight excluding hydrogens is 402 g/mol. The third-order valence-electron chi connectivity index (χ3n) is 4.98. The van der Waals surface area contributed by atoms with Gasteiger partial charge in [-0.3, -0.25) is 10.2 Å². The van der Waals surface area contributed by atoms with Crippen LogP contribution in [0.25, 0.3) is 11.8 Å². The first-order valence-electron chi connectivity index (χ1n) is 9.25. The Morgan fingerprint density at radius 3 is 2.62 bits per heavy atom. The van der Waals surface area contributed by atoms with E-state index in [9.17, 15) is 4.79 Å². The fourth-order valence-electron chi connectivity index (χ4n) is 3.42. The second-order valence-electron chi connectivity index (χ2n) is 6.77. The lowest BCUT2D eigenvalue weighted by Gasteiger charge is -2.20. The lowest BCUT2D eigenvalue weighted by Crippen LogP contribution is -2.35. The molecule has 0 spiro atoms. The van der Waals surface area contributed by atoms with Gasteiger partial charge in [-0.25, -0.2) is 0 Å². The number of carbonyl (C=O) groups is 1. The van der Waals surface area contributed by atoms with Gasteiger partial charge < -0.3 is 4.57 Å². The van der Waals surface area contributed by atoms with E-state index in [4.69, 9.17) is 5.41 Å². The number of hydrazone groups is 1. The monoisotopic (exact) mass is 423 g/mol. The van der Waals surface area contributed by atoms with E-state index in [0.717, 1.165) is 33.4 Å². The molecular formula is C21H21N5OS2. The Hall–Kier alpha value is -2.58. The summed E-state index contributed by atoms with van der Waals surface area (Å²) in [4.78, 5) is 16.7. The number of nitrogens with one attached hydrogen (secondary N) is 1. The highest BCUT2D eigenvalue weighted by Gasteiger charge is 2.35. The zero-order valence-electron chi connectivity index (χ0n) is 16.7. The lowest BCUT2D eigenvalue weighted by atomic mass is 10.1. The smallest absolute Gasteiger partial charge is 0.283 e. The second kappa shape index (κ2) is 7.68. The van der Waals surface area contributed by atoms with Gasteiger partial charge in [0.05, 0.1) is 5.57 Å². The van der Waals surface area contributed by atoms with Crippen LogP contribution in [0.3, 0.4) is 0 Å². The van der Waals surface area contributed by atoms with Crippen LogP contribution in [0.2, 0.25) is 0 Å². The Morgan fingerprint density at radius 2 is 1.97 bits per heavy atom. The number of thioether (sulfide) groups is 2. The van der Waals surface area contributed by atoms with Crippen molar-refractivity contribution in [2.24, 2.45) is 10.1 Å². The number of fused-ring (bicyclic) bond motifs is 1. The first-order valence-corrected chi connectivity index (χ1v) is 11.3. The summed E-state index contributed by atoms with van der Waals surface area (Å²) in [6.45, 7) is 6.20. The molecule has 0 fully saturated rings. The molecule has 0 saturated carbocycles. The van der Waals surface area contributed by atoms with Crippen molar-refractivity contribution in [1.82, 2.24) is 9.58 Å². The van der Waals surface area contributed by atoms with Gasteiger partial charge in [0.25, 0.3) is 5.91 Å². The zero-order chi connectivity index (χ0) is 20.7. The summed E-state index contributed by atoms with van der Waals surface area (Å²) in [5.74, 6) is -0.336. The van der Waals surface area contributed by atoms with E-state index >= 15 is 0 Å². The van der Waals surface area contributed by atoms with Crippen molar-refractivity contribution < 1.29 is 4.79 Å². The highest BCUT2D eigenvalue weighted by molar-refractivity contribution is 8.45. The maximum atomic E-state index is 12.6. The Morgan fingerprint density at radius 1 is 1.24 bits per heavy atom. The fraction of sp³-hybridized carbons (Fsp3) is 0.238. The zero-order valence-corrected chi connectivity index (χ0v) is 18.3. The highest BCUT2D eigenvalue weighted by atomic mass is 32.2. The molecule has 2 aliphatic heterocycles. The Balaban J connectivity index is 1.73. The Kier molecular flexibility index (Phi) is 5.23. The van der Waals surface area contributed by atoms with E-state index in [1.54, 1.807) is 6.08 Å². The van der Waals surface area contributed by atoms with Crippen LogP contribution in [0, 0.1) is 19.3 Å². The van der Waals surface area contributed by atoms with Crippen molar-refractivity contribution in [3.8, 4) is 5.69 Å². The van der Waals surface area contributed by atoms with Gasteiger partial charge in [0, 0.05) is 17.1 Å². The number of hydrogen-bond acceptors (Lipinski definition) is 5. The van der Waals surface area contributed by atoms with E-state index < -0.39 is 5.91 Å². The number of rotatable bonds is 3. The van der Waals surface area contributed by atoms with E-state index in [0.29, 0.717) is 5.17 Å². The number of aromatic nitrogens is 1. The molecule has 148 valence electrons. The number of nitrogens with zero attached hydrogens (tertiary/aromatic N) is 4. The molecule has 4 rings (SSSR count). The van der Waals surface area contributed by atoms with Crippen LogP contribution in [0.4, 0.5) is 0 Å². The highest BCUT2D eigenvalue weighted by Crippen LogP contribution is 2.32. The largest absolute Gasteiger partial charge is 0.318 e. The number of hydrogen-bond donors (Lipinski definition) is 1. The maximum Gasteiger partial charge on any atom is 0.283 e. The van der Waals surface area contributed by atoms with Crippen LogP contribution in [-0.2, 0) is 11.2 Å². The number of carbonyl (C=O) groups excluding carboxylic acids is 1. The van der Waals surface area contributed by atoms with Crippen LogP contribution in [-0.4, -0.2) is 37.1 Å². The van der Waals surface area contributed by atoms with Crippen molar-refractivity contribution in [3.63, 3.8) is 0 Å². The quantitative estimate of drug-likeness (QED) is 0.733. The molecule has 0 bridgehead atoms. The molecule has 29 heavy (non-hydrogen) atoms. The summed E-state index contributed by atoms with van der Waals surface area (Å²) < 4.78 is 2.93. The van der Waals surface area contributed by atoms with Crippen molar-refractivity contribution in [1.29, 1.82) is 5.41 Å². The molecule has 1 N–H and O–H groups in total. The molecule has 0 radical (unpaired) electrons. The molecule has 3 heterocycles. The summed E-state index contributed by atoms with van der Waals surface area (Å²) in [5, 5.41) is 14.7.